The first kappa shape index (κ1) is 16.6. The molecule has 1 amide bonds. The van der Waals surface area contributed by atoms with Crippen LogP contribution in [0.5, 0.6) is 0 Å². The van der Waals surface area contributed by atoms with Gasteiger partial charge in [-0.05, 0) is 19.2 Å². The smallest absolute Gasteiger partial charge is 0.240 e. The normalized spacial score (nSPS) is 12.9. The van der Waals surface area contributed by atoms with Gasteiger partial charge in [-0.25, -0.2) is 13.1 Å². The lowest BCUT2D eigenvalue weighted by Gasteiger charge is -2.12. The van der Waals surface area contributed by atoms with E-state index in [0.717, 1.165) is 0 Å². The molecule has 0 heterocycles. The molecule has 0 aliphatic heterocycles. The topological polar surface area (TPSA) is 87.3 Å². The van der Waals surface area contributed by atoms with Gasteiger partial charge in [-0.15, -0.1) is 0 Å². The van der Waals surface area contributed by atoms with Crippen molar-refractivity contribution in [2.75, 3.05) is 26.7 Å². The second kappa shape index (κ2) is 7.98. The Morgan fingerprint density at radius 3 is 2.45 bits per heavy atom. The zero-order valence-corrected chi connectivity index (χ0v) is 12.5. The van der Waals surface area contributed by atoms with Crippen LogP contribution in [0.25, 0.3) is 0 Å². The third-order valence-electron chi connectivity index (χ3n) is 2.73. The molecule has 112 valence electrons. The molecular formula is C13H21N3O3S. The Bertz CT molecular complexity index is 517. The van der Waals surface area contributed by atoms with Crippen molar-refractivity contribution in [2.24, 2.45) is 5.92 Å². The molecule has 7 heteroatoms. The molecule has 0 aliphatic carbocycles. The highest BCUT2D eigenvalue weighted by molar-refractivity contribution is 7.89. The molecule has 0 saturated carbocycles. The summed E-state index contributed by atoms with van der Waals surface area (Å²) in [5, 5.41) is 5.60. The first-order chi connectivity index (χ1) is 9.47. The van der Waals surface area contributed by atoms with Gasteiger partial charge in [0.25, 0.3) is 0 Å². The van der Waals surface area contributed by atoms with Crippen molar-refractivity contribution in [3.05, 3.63) is 30.3 Å². The van der Waals surface area contributed by atoms with Crippen LogP contribution in [-0.2, 0) is 14.8 Å². The Labute approximate surface area is 120 Å². The first-order valence-corrected chi connectivity index (χ1v) is 7.92. The van der Waals surface area contributed by atoms with Crippen molar-refractivity contribution < 1.29 is 13.2 Å². The van der Waals surface area contributed by atoms with Crippen LogP contribution in [0.4, 0.5) is 0 Å². The Kier molecular flexibility index (Phi) is 6.63. The largest absolute Gasteiger partial charge is 0.355 e. The van der Waals surface area contributed by atoms with E-state index in [4.69, 9.17) is 0 Å². The van der Waals surface area contributed by atoms with Crippen LogP contribution in [0.1, 0.15) is 6.92 Å². The van der Waals surface area contributed by atoms with E-state index in [2.05, 4.69) is 15.4 Å². The molecule has 1 aromatic carbocycles. The van der Waals surface area contributed by atoms with E-state index < -0.39 is 10.0 Å². The molecule has 0 spiro atoms. The maximum atomic E-state index is 11.9. The third kappa shape index (κ3) is 5.28. The number of carbonyl (C=O) groups excluding carboxylic acids is 1. The lowest BCUT2D eigenvalue weighted by atomic mass is 10.1. The minimum absolute atomic E-state index is 0.0988. The monoisotopic (exact) mass is 299 g/mol. The van der Waals surface area contributed by atoms with Crippen molar-refractivity contribution in [1.29, 1.82) is 0 Å². The van der Waals surface area contributed by atoms with Gasteiger partial charge in [-0.2, -0.15) is 0 Å². The Balaban J connectivity index is 2.36. The maximum Gasteiger partial charge on any atom is 0.240 e. The van der Waals surface area contributed by atoms with Crippen molar-refractivity contribution in [2.45, 2.75) is 11.8 Å². The van der Waals surface area contributed by atoms with E-state index in [1.807, 2.05) is 0 Å². The fourth-order valence-corrected chi connectivity index (χ4v) is 2.68. The number of hydrogen-bond acceptors (Lipinski definition) is 4. The van der Waals surface area contributed by atoms with Gasteiger partial charge in [0.15, 0.2) is 0 Å². The summed E-state index contributed by atoms with van der Waals surface area (Å²) >= 11 is 0. The zero-order valence-electron chi connectivity index (χ0n) is 11.7. The van der Waals surface area contributed by atoms with Crippen LogP contribution in [0.2, 0.25) is 0 Å². The minimum Gasteiger partial charge on any atom is -0.355 e. The van der Waals surface area contributed by atoms with Gasteiger partial charge in [0.05, 0.1) is 4.90 Å². The van der Waals surface area contributed by atoms with E-state index in [9.17, 15) is 13.2 Å². The highest BCUT2D eigenvalue weighted by atomic mass is 32.2. The van der Waals surface area contributed by atoms with E-state index >= 15 is 0 Å². The Hall–Kier alpha value is -1.44. The highest BCUT2D eigenvalue weighted by Crippen LogP contribution is 2.06. The molecule has 1 unspecified atom stereocenters. The molecule has 0 saturated heterocycles. The zero-order chi connectivity index (χ0) is 15.0. The lowest BCUT2D eigenvalue weighted by Crippen LogP contribution is -2.39. The Morgan fingerprint density at radius 1 is 1.20 bits per heavy atom. The van der Waals surface area contributed by atoms with Crippen LogP contribution in [0, 0.1) is 5.92 Å². The second-order valence-corrected chi connectivity index (χ2v) is 6.23. The number of benzene rings is 1. The summed E-state index contributed by atoms with van der Waals surface area (Å²) in [7, 11) is -1.73. The van der Waals surface area contributed by atoms with Crippen LogP contribution < -0.4 is 15.4 Å². The summed E-state index contributed by atoms with van der Waals surface area (Å²) in [6, 6.07) is 8.12. The van der Waals surface area contributed by atoms with Crippen molar-refractivity contribution in [3.63, 3.8) is 0 Å². The number of amides is 1. The number of nitrogens with one attached hydrogen (secondary N) is 3. The number of carbonyl (C=O) groups is 1. The van der Waals surface area contributed by atoms with Crippen LogP contribution in [0.15, 0.2) is 35.2 Å². The van der Waals surface area contributed by atoms with E-state index in [-0.39, 0.29) is 29.8 Å². The fraction of sp³-hybridized carbons (Fsp3) is 0.462. The average molecular weight is 299 g/mol. The van der Waals surface area contributed by atoms with Gasteiger partial charge in [0, 0.05) is 25.6 Å². The van der Waals surface area contributed by atoms with E-state index in [1.54, 1.807) is 32.2 Å². The summed E-state index contributed by atoms with van der Waals surface area (Å²) in [5.74, 6) is -0.246. The summed E-state index contributed by atoms with van der Waals surface area (Å²) in [6.07, 6.45) is 0. The first-order valence-electron chi connectivity index (χ1n) is 6.44. The third-order valence-corrected chi connectivity index (χ3v) is 4.20. The molecule has 0 aliphatic rings. The van der Waals surface area contributed by atoms with Crippen LogP contribution in [0.3, 0.4) is 0 Å². The second-order valence-electron chi connectivity index (χ2n) is 4.46. The maximum absolute atomic E-state index is 11.9. The standard InChI is InChI=1S/C13H21N3O3S/c1-11(10-14-2)13(17)15-8-9-16-20(18,19)12-6-4-3-5-7-12/h3-7,11,14,16H,8-10H2,1-2H3,(H,15,17). The summed E-state index contributed by atoms with van der Waals surface area (Å²) < 4.78 is 26.2. The minimum atomic E-state index is -3.50. The SMILES string of the molecule is CNCC(C)C(=O)NCCNS(=O)(=O)c1ccccc1. The quantitative estimate of drug-likeness (QED) is 0.587. The number of sulfonamides is 1. The fourth-order valence-electron chi connectivity index (χ4n) is 1.63. The molecule has 1 aromatic rings. The Morgan fingerprint density at radius 2 is 1.85 bits per heavy atom. The summed E-state index contributed by atoms with van der Waals surface area (Å²) in [6.45, 7) is 2.82. The van der Waals surface area contributed by atoms with Gasteiger partial charge in [0.2, 0.25) is 15.9 Å². The van der Waals surface area contributed by atoms with Crippen molar-refractivity contribution >= 4 is 15.9 Å². The van der Waals surface area contributed by atoms with Gasteiger partial charge in [0.1, 0.15) is 0 Å². The molecule has 20 heavy (non-hydrogen) atoms. The molecule has 0 bridgehead atoms. The summed E-state index contributed by atoms with van der Waals surface area (Å²) in [5.41, 5.74) is 0. The predicted molar refractivity (Wildman–Crippen MR) is 77.7 cm³/mol. The van der Waals surface area contributed by atoms with Gasteiger partial charge in [-0.1, -0.05) is 25.1 Å². The van der Waals surface area contributed by atoms with Crippen molar-refractivity contribution in [3.8, 4) is 0 Å². The summed E-state index contributed by atoms with van der Waals surface area (Å²) in [4.78, 5) is 11.8. The molecule has 0 radical (unpaired) electrons. The van der Waals surface area contributed by atoms with Crippen molar-refractivity contribution in [1.82, 2.24) is 15.4 Å². The molecule has 1 rings (SSSR count). The van der Waals surface area contributed by atoms with E-state index in [1.165, 1.54) is 12.1 Å². The molecule has 0 fully saturated rings. The van der Waals surface area contributed by atoms with Gasteiger partial charge in [-0.3, -0.25) is 4.79 Å². The van der Waals surface area contributed by atoms with Crippen LogP contribution in [-0.4, -0.2) is 41.0 Å². The van der Waals surface area contributed by atoms with E-state index in [0.29, 0.717) is 6.54 Å². The average Bonchev–Trinajstić information content (AvgIpc) is 2.44. The molecular weight excluding hydrogens is 278 g/mol. The molecule has 3 N–H and O–H groups in total. The number of rotatable bonds is 8. The van der Waals surface area contributed by atoms with Crippen LogP contribution >= 0.6 is 0 Å². The highest BCUT2D eigenvalue weighted by Gasteiger charge is 2.13. The predicted octanol–water partition coefficient (Wildman–Crippen LogP) is -0.0634. The number of hydrogen-bond donors (Lipinski definition) is 3. The molecule has 6 nitrogen and oxygen atoms in total. The van der Waals surface area contributed by atoms with Gasteiger partial charge < -0.3 is 10.6 Å². The lowest BCUT2D eigenvalue weighted by molar-refractivity contribution is -0.124. The molecule has 1 atom stereocenters. The molecule has 0 aromatic heterocycles. The van der Waals surface area contributed by atoms with Gasteiger partial charge >= 0.3 is 0 Å².